The van der Waals surface area contributed by atoms with Gasteiger partial charge in [-0.2, -0.15) is 0 Å². The maximum Gasteiger partial charge on any atom is 0.410 e. The Bertz CT molecular complexity index is 533. The van der Waals surface area contributed by atoms with Crippen molar-refractivity contribution < 1.29 is 19.0 Å². The van der Waals surface area contributed by atoms with Gasteiger partial charge in [0.1, 0.15) is 12.4 Å². The predicted octanol–water partition coefficient (Wildman–Crippen LogP) is 1.51. The number of hydrogen-bond acceptors (Lipinski definition) is 3. The highest BCUT2D eigenvalue weighted by atomic mass is 19.1. The molecular formula is C14H14FNO3. The van der Waals surface area contributed by atoms with E-state index in [9.17, 15) is 9.18 Å². The summed E-state index contributed by atoms with van der Waals surface area (Å²) in [5, 5.41) is 8.64. The van der Waals surface area contributed by atoms with Crippen LogP contribution in [0.15, 0.2) is 18.2 Å². The van der Waals surface area contributed by atoms with Crippen LogP contribution in [0.2, 0.25) is 0 Å². The minimum atomic E-state index is -0.390. The third kappa shape index (κ3) is 3.70. The third-order valence-electron chi connectivity index (χ3n) is 2.65. The molecule has 0 bridgehead atoms. The Balaban J connectivity index is 2.12. The van der Waals surface area contributed by atoms with Gasteiger partial charge in [-0.05, 0) is 23.8 Å². The van der Waals surface area contributed by atoms with Crippen molar-refractivity contribution in [3.8, 4) is 11.8 Å². The summed E-state index contributed by atoms with van der Waals surface area (Å²) < 4.78 is 18.3. The summed E-state index contributed by atoms with van der Waals surface area (Å²) in [4.78, 5) is 12.8. The maximum atomic E-state index is 13.5. The molecule has 1 aliphatic heterocycles. The Labute approximate surface area is 110 Å². The molecule has 5 heteroatoms. The third-order valence-corrected chi connectivity index (χ3v) is 2.65. The van der Waals surface area contributed by atoms with Gasteiger partial charge in [0.05, 0.1) is 13.2 Å². The molecule has 1 N–H and O–H groups in total. The van der Waals surface area contributed by atoms with Crippen molar-refractivity contribution in [2.45, 2.75) is 13.0 Å². The zero-order valence-electron chi connectivity index (χ0n) is 10.4. The van der Waals surface area contributed by atoms with E-state index < -0.39 is 5.82 Å². The average molecular weight is 263 g/mol. The molecule has 1 aromatic rings. The number of aliphatic hydroxyl groups excluding tert-OH is 1. The van der Waals surface area contributed by atoms with Gasteiger partial charge < -0.3 is 14.7 Å². The highest BCUT2D eigenvalue weighted by molar-refractivity contribution is 5.69. The van der Waals surface area contributed by atoms with Gasteiger partial charge in [-0.25, -0.2) is 9.18 Å². The number of amides is 1. The molecule has 0 aromatic heterocycles. The fourth-order valence-electron chi connectivity index (χ4n) is 1.82. The predicted molar refractivity (Wildman–Crippen MR) is 66.7 cm³/mol. The smallest absolute Gasteiger partial charge is 0.410 e. The molecule has 100 valence electrons. The first-order valence-corrected chi connectivity index (χ1v) is 6.00. The number of halogens is 1. The molecule has 4 nitrogen and oxygen atoms in total. The number of carbonyl (C=O) groups excluding carboxylic acids is 1. The summed E-state index contributed by atoms with van der Waals surface area (Å²) in [5.41, 5.74) is 1.21. The van der Waals surface area contributed by atoms with Crippen LogP contribution in [0.25, 0.3) is 0 Å². The van der Waals surface area contributed by atoms with E-state index >= 15 is 0 Å². The molecule has 1 fully saturated rings. The standard InChI is InChI=1S/C14H14FNO3/c15-13-8-11(3-1-2-5-17)7-12(9-13)10-16-4-6-19-14(16)18/h7-9,17H,2,4-6,10H2. The van der Waals surface area contributed by atoms with E-state index in [1.165, 1.54) is 17.0 Å². The second-order valence-corrected chi connectivity index (χ2v) is 4.16. The van der Waals surface area contributed by atoms with Crippen LogP contribution >= 0.6 is 0 Å². The fraction of sp³-hybridized carbons (Fsp3) is 0.357. The Morgan fingerprint density at radius 1 is 1.42 bits per heavy atom. The van der Waals surface area contributed by atoms with E-state index in [1.807, 2.05) is 0 Å². The molecule has 0 unspecified atom stereocenters. The molecule has 19 heavy (non-hydrogen) atoms. The van der Waals surface area contributed by atoms with Gasteiger partial charge in [0.15, 0.2) is 0 Å². The van der Waals surface area contributed by atoms with Gasteiger partial charge in [-0.15, -0.1) is 0 Å². The lowest BCUT2D eigenvalue weighted by Gasteiger charge is -2.12. The number of cyclic esters (lactones) is 1. The van der Waals surface area contributed by atoms with Gasteiger partial charge in [0, 0.05) is 18.5 Å². The monoisotopic (exact) mass is 263 g/mol. The van der Waals surface area contributed by atoms with Crippen molar-refractivity contribution >= 4 is 6.09 Å². The molecule has 0 saturated carbocycles. The van der Waals surface area contributed by atoms with Crippen LogP contribution in [0.5, 0.6) is 0 Å². The number of hydrogen-bond donors (Lipinski definition) is 1. The lowest BCUT2D eigenvalue weighted by Crippen LogP contribution is -2.23. The van der Waals surface area contributed by atoms with Gasteiger partial charge in [-0.1, -0.05) is 11.8 Å². The van der Waals surface area contributed by atoms with E-state index in [-0.39, 0.29) is 12.7 Å². The summed E-state index contributed by atoms with van der Waals surface area (Å²) >= 11 is 0. The van der Waals surface area contributed by atoms with Gasteiger partial charge in [-0.3, -0.25) is 0 Å². The van der Waals surface area contributed by atoms with Crippen molar-refractivity contribution in [2.24, 2.45) is 0 Å². The molecule has 0 radical (unpaired) electrons. The Morgan fingerprint density at radius 3 is 2.95 bits per heavy atom. The van der Waals surface area contributed by atoms with Crippen LogP contribution < -0.4 is 0 Å². The Hall–Kier alpha value is -2.06. The Kier molecular flexibility index (Phi) is 4.37. The number of nitrogens with zero attached hydrogens (tertiary/aromatic N) is 1. The number of benzene rings is 1. The van der Waals surface area contributed by atoms with Crippen LogP contribution in [0.1, 0.15) is 17.5 Å². The first-order valence-electron chi connectivity index (χ1n) is 6.00. The molecule has 1 aromatic carbocycles. The Morgan fingerprint density at radius 2 is 2.26 bits per heavy atom. The van der Waals surface area contributed by atoms with Gasteiger partial charge in [0.2, 0.25) is 0 Å². The topological polar surface area (TPSA) is 49.8 Å². The summed E-state index contributed by atoms with van der Waals surface area (Å²) in [6.45, 7) is 1.18. The summed E-state index contributed by atoms with van der Waals surface area (Å²) in [5.74, 6) is 5.12. The highest BCUT2D eigenvalue weighted by Gasteiger charge is 2.21. The zero-order valence-corrected chi connectivity index (χ0v) is 10.4. The minimum Gasteiger partial charge on any atom is -0.448 e. The molecule has 0 atom stereocenters. The van der Waals surface area contributed by atoms with Crippen molar-refractivity contribution in [2.75, 3.05) is 19.8 Å². The van der Waals surface area contributed by atoms with E-state index in [1.54, 1.807) is 6.07 Å². The second kappa shape index (κ2) is 6.21. The van der Waals surface area contributed by atoms with E-state index in [2.05, 4.69) is 11.8 Å². The number of rotatable bonds is 3. The molecule has 0 aliphatic carbocycles. The summed E-state index contributed by atoms with van der Waals surface area (Å²) in [6.07, 6.45) is -0.0261. The van der Waals surface area contributed by atoms with Crippen molar-refractivity contribution in [1.82, 2.24) is 4.90 Å². The maximum absolute atomic E-state index is 13.5. The fourth-order valence-corrected chi connectivity index (χ4v) is 1.82. The number of aliphatic hydroxyl groups is 1. The lowest BCUT2D eigenvalue weighted by molar-refractivity contribution is 0.157. The SMILES string of the molecule is O=C1OCCN1Cc1cc(F)cc(C#CCCO)c1. The minimum absolute atomic E-state index is 0.0191. The van der Waals surface area contributed by atoms with Gasteiger partial charge >= 0.3 is 6.09 Å². The average Bonchev–Trinajstić information content (AvgIpc) is 2.75. The molecule has 1 saturated heterocycles. The highest BCUT2D eigenvalue weighted by Crippen LogP contribution is 2.14. The van der Waals surface area contributed by atoms with Crippen molar-refractivity contribution in [3.63, 3.8) is 0 Å². The quantitative estimate of drug-likeness (QED) is 0.841. The number of ether oxygens (including phenoxy) is 1. The first-order chi connectivity index (χ1) is 9.19. The van der Waals surface area contributed by atoms with E-state index in [0.717, 1.165) is 0 Å². The molecule has 1 heterocycles. The lowest BCUT2D eigenvalue weighted by atomic mass is 10.1. The molecular weight excluding hydrogens is 249 g/mol. The second-order valence-electron chi connectivity index (χ2n) is 4.16. The van der Waals surface area contributed by atoms with E-state index in [4.69, 9.17) is 9.84 Å². The molecule has 1 aliphatic rings. The summed E-state index contributed by atoms with van der Waals surface area (Å²) in [7, 11) is 0. The zero-order chi connectivity index (χ0) is 13.7. The summed E-state index contributed by atoms with van der Waals surface area (Å²) in [6, 6.07) is 4.44. The normalized spacial score (nSPS) is 14.0. The van der Waals surface area contributed by atoms with Crippen LogP contribution in [-0.4, -0.2) is 35.9 Å². The molecule has 1 amide bonds. The molecule has 2 rings (SSSR count). The first kappa shape index (κ1) is 13.4. The molecule has 0 spiro atoms. The van der Waals surface area contributed by atoms with Crippen LogP contribution in [-0.2, 0) is 11.3 Å². The van der Waals surface area contributed by atoms with Crippen molar-refractivity contribution in [3.05, 3.63) is 35.1 Å². The van der Waals surface area contributed by atoms with E-state index in [0.29, 0.717) is 37.2 Å². The largest absolute Gasteiger partial charge is 0.448 e. The van der Waals surface area contributed by atoms with Crippen molar-refractivity contribution in [1.29, 1.82) is 0 Å². The van der Waals surface area contributed by atoms with Crippen LogP contribution in [0.3, 0.4) is 0 Å². The number of carbonyl (C=O) groups is 1. The van der Waals surface area contributed by atoms with Gasteiger partial charge in [0.25, 0.3) is 0 Å². The van der Waals surface area contributed by atoms with Crippen LogP contribution in [0, 0.1) is 17.7 Å². The van der Waals surface area contributed by atoms with Crippen LogP contribution in [0.4, 0.5) is 9.18 Å².